The zero-order chi connectivity index (χ0) is 16.1. The van der Waals surface area contributed by atoms with Crippen molar-refractivity contribution in [2.45, 2.75) is 25.6 Å². The SMILES string of the molecule is O=C(NCc1ccccc1CO)NC1CCOc2ccccc21. The number of rotatable bonds is 4. The topological polar surface area (TPSA) is 70.6 Å². The average Bonchev–Trinajstić information content (AvgIpc) is 2.60. The summed E-state index contributed by atoms with van der Waals surface area (Å²) in [5.74, 6) is 0.828. The molecule has 2 amide bonds. The van der Waals surface area contributed by atoms with Crippen LogP contribution in [-0.2, 0) is 13.2 Å². The summed E-state index contributed by atoms with van der Waals surface area (Å²) in [6.45, 7) is 0.940. The summed E-state index contributed by atoms with van der Waals surface area (Å²) < 4.78 is 5.60. The first kappa shape index (κ1) is 15.4. The Morgan fingerprint density at radius 2 is 1.87 bits per heavy atom. The van der Waals surface area contributed by atoms with E-state index in [1.54, 1.807) is 0 Å². The molecule has 1 unspecified atom stereocenters. The molecule has 0 radical (unpaired) electrons. The molecule has 3 rings (SSSR count). The Labute approximate surface area is 135 Å². The van der Waals surface area contributed by atoms with Crippen molar-refractivity contribution < 1.29 is 14.6 Å². The van der Waals surface area contributed by atoms with Gasteiger partial charge in [-0.3, -0.25) is 0 Å². The fourth-order valence-electron chi connectivity index (χ4n) is 2.76. The number of hydrogen-bond donors (Lipinski definition) is 3. The summed E-state index contributed by atoms with van der Waals surface area (Å²) in [5, 5.41) is 15.2. The molecule has 5 heteroatoms. The summed E-state index contributed by atoms with van der Waals surface area (Å²) in [5.41, 5.74) is 2.74. The smallest absolute Gasteiger partial charge is 0.315 e. The van der Waals surface area contributed by atoms with Gasteiger partial charge in [-0.05, 0) is 17.2 Å². The lowest BCUT2D eigenvalue weighted by Crippen LogP contribution is -2.39. The van der Waals surface area contributed by atoms with Crippen LogP contribution in [0.25, 0.3) is 0 Å². The van der Waals surface area contributed by atoms with Gasteiger partial charge in [-0.25, -0.2) is 4.79 Å². The van der Waals surface area contributed by atoms with Crippen LogP contribution in [0.2, 0.25) is 0 Å². The van der Waals surface area contributed by atoms with E-state index in [9.17, 15) is 9.90 Å². The maximum Gasteiger partial charge on any atom is 0.315 e. The van der Waals surface area contributed by atoms with E-state index in [2.05, 4.69) is 10.6 Å². The van der Waals surface area contributed by atoms with E-state index in [0.29, 0.717) is 13.2 Å². The molecule has 1 heterocycles. The van der Waals surface area contributed by atoms with Gasteiger partial charge in [0.05, 0.1) is 19.3 Å². The zero-order valence-corrected chi connectivity index (χ0v) is 12.8. The number of aliphatic hydroxyl groups is 1. The van der Waals surface area contributed by atoms with Crippen LogP contribution in [0, 0.1) is 0 Å². The second-order valence-corrected chi connectivity index (χ2v) is 5.48. The van der Waals surface area contributed by atoms with Crippen molar-refractivity contribution in [3.05, 3.63) is 65.2 Å². The van der Waals surface area contributed by atoms with E-state index in [-0.39, 0.29) is 18.7 Å². The highest BCUT2D eigenvalue weighted by atomic mass is 16.5. The van der Waals surface area contributed by atoms with Crippen molar-refractivity contribution in [1.29, 1.82) is 0 Å². The monoisotopic (exact) mass is 312 g/mol. The maximum atomic E-state index is 12.2. The van der Waals surface area contributed by atoms with Gasteiger partial charge >= 0.3 is 6.03 Å². The first-order chi connectivity index (χ1) is 11.3. The molecule has 0 bridgehead atoms. The molecule has 3 N–H and O–H groups in total. The molecule has 0 aliphatic carbocycles. The number of nitrogens with one attached hydrogen (secondary N) is 2. The molecule has 1 aliphatic heterocycles. The predicted molar refractivity (Wildman–Crippen MR) is 87.0 cm³/mol. The van der Waals surface area contributed by atoms with Crippen LogP contribution in [0.3, 0.4) is 0 Å². The van der Waals surface area contributed by atoms with Gasteiger partial charge in [0.1, 0.15) is 5.75 Å². The number of urea groups is 1. The van der Waals surface area contributed by atoms with Crippen LogP contribution < -0.4 is 15.4 Å². The molecule has 5 nitrogen and oxygen atoms in total. The zero-order valence-electron chi connectivity index (χ0n) is 12.8. The summed E-state index contributed by atoms with van der Waals surface area (Å²) in [6, 6.07) is 15.0. The second kappa shape index (κ2) is 7.15. The quantitative estimate of drug-likeness (QED) is 0.812. The van der Waals surface area contributed by atoms with Gasteiger partial charge in [0.25, 0.3) is 0 Å². The molecule has 0 saturated heterocycles. The third-order valence-electron chi connectivity index (χ3n) is 3.99. The van der Waals surface area contributed by atoms with Crippen LogP contribution in [0.1, 0.15) is 29.2 Å². The van der Waals surface area contributed by atoms with Crippen molar-refractivity contribution in [1.82, 2.24) is 10.6 Å². The fourth-order valence-corrected chi connectivity index (χ4v) is 2.76. The minimum Gasteiger partial charge on any atom is -0.493 e. The summed E-state index contributed by atoms with van der Waals surface area (Å²) in [4.78, 5) is 12.2. The van der Waals surface area contributed by atoms with Gasteiger partial charge in [0.15, 0.2) is 0 Å². The number of fused-ring (bicyclic) bond motifs is 1. The Bertz CT molecular complexity index is 687. The number of amides is 2. The Morgan fingerprint density at radius 1 is 1.13 bits per heavy atom. The van der Waals surface area contributed by atoms with Crippen LogP contribution in [0.15, 0.2) is 48.5 Å². The lowest BCUT2D eigenvalue weighted by Gasteiger charge is -2.26. The molecular formula is C18H20N2O3. The molecule has 23 heavy (non-hydrogen) atoms. The predicted octanol–water partition coefficient (Wildman–Crippen LogP) is 2.50. The van der Waals surface area contributed by atoms with E-state index in [4.69, 9.17) is 4.74 Å². The summed E-state index contributed by atoms with van der Waals surface area (Å²) >= 11 is 0. The van der Waals surface area contributed by atoms with Crippen molar-refractivity contribution in [3.63, 3.8) is 0 Å². The highest BCUT2D eigenvalue weighted by molar-refractivity contribution is 5.74. The van der Waals surface area contributed by atoms with E-state index < -0.39 is 0 Å². The molecule has 0 spiro atoms. The lowest BCUT2D eigenvalue weighted by atomic mass is 10.0. The third kappa shape index (κ3) is 3.63. The number of para-hydroxylation sites is 1. The molecular weight excluding hydrogens is 292 g/mol. The first-order valence-electron chi connectivity index (χ1n) is 7.71. The highest BCUT2D eigenvalue weighted by Gasteiger charge is 2.22. The van der Waals surface area contributed by atoms with E-state index >= 15 is 0 Å². The molecule has 2 aromatic rings. The van der Waals surface area contributed by atoms with Crippen LogP contribution in [0.5, 0.6) is 5.75 Å². The highest BCUT2D eigenvalue weighted by Crippen LogP contribution is 2.31. The van der Waals surface area contributed by atoms with Gasteiger partial charge in [-0.15, -0.1) is 0 Å². The molecule has 0 fully saturated rings. The number of carbonyl (C=O) groups excluding carboxylic acids is 1. The summed E-state index contributed by atoms with van der Waals surface area (Å²) in [6.07, 6.45) is 0.748. The second-order valence-electron chi connectivity index (χ2n) is 5.48. The molecule has 1 aliphatic rings. The Kier molecular flexibility index (Phi) is 4.78. The Balaban J connectivity index is 1.60. The number of hydrogen-bond acceptors (Lipinski definition) is 3. The normalized spacial score (nSPS) is 16.1. The van der Waals surface area contributed by atoms with Gasteiger partial charge in [-0.1, -0.05) is 42.5 Å². The molecule has 0 aromatic heterocycles. The lowest BCUT2D eigenvalue weighted by molar-refractivity contribution is 0.223. The number of benzene rings is 2. The van der Waals surface area contributed by atoms with Crippen LogP contribution >= 0.6 is 0 Å². The maximum absolute atomic E-state index is 12.2. The molecule has 120 valence electrons. The standard InChI is InChI=1S/C18H20N2O3/c21-12-14-6-2-1-5-13(14)11-19-18(22)20-16-9-10-23-17-8-4-3-7-15(16)17/h1-8,16,21H,9-12H2,(H2,19,20,22). The molecule has 1 atom stereocenters. The largest absolute Gasteiger partial charge is 0.493 e. The third-order valence-corrected chi connectivity index (χ3v) is 3.99. The number of carbonyl (C=O) groups is 1. The Morgan fingerprint density at radius 3 is 2.70 bits per heavy atom. The van der Waals surface area contributed by atoms with Crippen molar-refractivity contribution in [2.24, 2.45) is 0 Å². The van der Waals surface area contributed by atoms with E-state index in [1.165, 1.54) is 0 Å². The first-order valence-corrected chi connectivity index (χ1v) is 7.71. The van der Waals surface area contributed by atoms with E-state index in [0.717, 1.165) is 28.9 Å². The van der Waals surface area contributed by atoms with Gasteiger partial charge in [0.2, 0.25) is 0 Å². The minimum absolute atomic E-state index is 0.0349. The fraction of sp³-hybridized carbons (Fsp3) is 0.278. The van der Waals surface area contributed by atoms with Gasteiger partial charge in [-0.2, -0.15) is 0 Å². The van der Waals surface area contributed by atoms with Crippen molar-refractivity contribution in [3.8, 4) is 5.75 Å². The van der Waals surface area contributed by atoms with E-state index in [1.807, 2.05) is 48.5 Å². The molecule has 0 saturated carbocycles. The number of ether oxygens (including phenoxy) is 1. The Hall–Kier alpha value is -2.53. The average molecular weight is 312 g/mol. The van der Waals surface area contributed by atoms with Crippen molar-refractivity contribution >= 4 is 6.03 Å². The van der Waals surface area contributed by atoms with Crippen LogP contribution in [0.4, 0.5) is 4.79 Å². The van der Waals surface area contributed by atoms with Gasteiger partial charge < -0.3 is 20.5 Å². The van der Waals surface area contributed by atoms with Gasteiger partial charge in [0, 0.05) is 18.5 Å². The number of aliphatic hydroxyl groups excluding tert-OH is 1. The summed E-state index contributed by atoms with van der Waals surface area (Å²) in [7, 11) is 0. The minimum atomic E-state index is -0.223. The van der Waals surface area contributed by atoms with Crippen molar-refractivity contribution in [2.75, 3.05) is 6.61 Å². The molecule has 2 aromatic carbocycles. The van der Waals surface area contributed by atoms with Crippen LogP contribution in [-0.4, -0.2) is 17.7 Å².